The molecule has 110 valence electrons. The summed E-state index contributed by atoms with van der Waals surface area (Å²) in [6, 6.07) is 7.81. The highest BCUT2D eigenvalue weighted by atomic mass is 16.2. The van der Waals surface area contributed by atoms with E-state index < -0.39 is 0 Å². The van der Waals surface area contributed by atoms with Gasteiger partial charge in [0.25, 0.3) is 0 Å². The van der Waals surface area contributed by atoms with Gasteiger partial charge in [-0.2, -0.15) is 5.10 Å². The molecule has 1 aromatic heterocycles. The van der Waals surface area contributed by atoms with Gasteiger partial charge in [0.2, 0.25) is 5.91 Å². The van der Waals surface area contributed by atoms with Crippen LogP contribution in [0.1, 0.15) is 30.3 Å². The number of nitrogen functional groups attached to an aromatic ring is 1. The molecule has 3 rings (SSSR count). The Balaban J connectivity index is 1.96. The molecule has 2 aromatic rings. The molecule has 1 aliphatic heterocycles. The molecule has 0 aliphatic carbocycles. The summed E-state index contributed by atoms with van der Waals surface area (Å²) in [7, 11) is 0. The highest BCUT2D eigenvalue weighted by Gasteiger charge is 2.25. The van der Waals surface area contributed by atoms with E-state index in [0.29, 0.717) is 13.0 Å². The van der Waals surface area contributed by atoms with Crippen LogP contribution in [-0.2, 0) is 24.3 Å². The van der Waals surface area contributed by atoms with E-state index in [4.69, 9.17) is 5.73 Å². The van der Waals surface area contributed by atoms with Crippen molar-refractivity contribution in [2.24, 2.45) is 0 Å². The average molecular weight is 284 g/mol. The molecule has 2 heterocycles. The molecule has 0 atom stereocenters. The van der Waals surface area contributed by atoms with Gasteiger partial charge >= 0.3 is 0 Å². The Morgan fingerprint density at radius 3 is 2.86 bits per heavy atom. The number of carbonyl (C=O) groups excluding carboxylic acids is 1. The van der Waals surface area contributed by atoms with Gasteiger partial charge in [-0.3, -0.25) is 9.48 Å². The molecular weight excluding hydrogens is 264 g/mol. The fourth-order valence-corrected chi connectivity index (χ4v) is 2.92. The number of benzene rings is 1. The molecule has 21 heavy (non-hydrogen) atoms. The Morgan fingerprint density at radius 1 is 1.29 bits per heavy atom. The Morgan fingerprint density at radius 2 is 2.10 bits per heavy atom. The first-order valence-electron chi connectivity index (χ1n) is 7.30. The average Bonchev–Trinajstić information content (AvgIpc) is 2.82. The van der Waals surface area contributed by atoms with Crippen molar-refractivity contribution in [3.05, 3.63) is 41.2 Å². The number of fused-ring (bicyclic) bond motifs is 1. The van der Waals surface area contributed by atoms with Gasteiger partial charge < -0.3 is 10.6 Å². The number of nitrogens with two attached hydrogens (primary N) is 1. The lowest BCUT2D eigenvalue weighted by molar-refractivity contribution is -0.119. The highest BCUT2D eigenvalue weighted by molar-refractivity contribution is 5.96. The number of aryl methyl sites for hydroxylation is 3. The third kappa shape index (κ3) is 2.51. The third-order valence-corrected chi connectivity index (χ3v) is 3.91. The summed E-state index contributed by atoms with van der Waals surface area (Å²) in [4.78, 5) is 14.2. The standard InChI is InChI=1S/C16H20N4O/c1-3-20-14(8-11(2)18-20)10-19-15-6-5-13(17)9-12(15)4-7-16(19)21/h5-6,8-9H,3-4,7,10,17H2,1-2H3. The van der Waals surface area contributed by atoms with Crippen LogP contribution in [0.15, 0.2) is 24.3 Å². The monoisotopic (exact) mass is 284 g/mol. The molecule has 5 nitrogen and oxygen atoms in total. The van der Waals surface area contributed by atoms with Crippen LogP contribution < -0.4 is 10.6 Å². The van der Waals surface area contributed by atoms with Gasteiger partial charge in [0.15, 0.2) is 0 Å². The zero-order chi connectivity index (χ0) is 15.0. The van der Waals surface area contributed by atoms with Gasteiger partial charge in [0, 0.05) is 24.3 Å². The van der Waals surface area contributed by atoms with Crippen LogP contribution in [0.5, 0.6) is 0 Å². The summed E-state index contributed by atoms with van der Waals surface area (Å²) in [6.45, 7) is 5.40. The van der Waals surface area contributed by atoms with Crippen LogP contribution in [-0.4, -0.2) is 15.7 Å². The number of anilines is 2. The summed E-state index contributed by atoms with van der Waals surface area (Å²) in [6.07, 6.45) is 1.30. The fraction of sp³-hybridized carbons (Fsp3) is 0.375. The first kappa shape index (κ1) is 13.7. The van der Waals surface area contributed by atoms with Gasteiger partial charge in [-0.05, 0) is 50.1 Å². The van der Waals surface area contributed by atoms with Gasteiger partial charge in [0.05, 0.1) is 17.9 Å². The van der Waals surface area contributed by atoms with E-state index in [2.05, 4.69) is 12.0 Å². The Labute approximate surface area is 124 Å². The van der Waals surface area contributed by atoms with Gasteiger partial charge in [-0.15, -0.1) is 0 Å². The summed E-state index contributed by atoms with van der Waals surface area (Å²) in [5, 5.41) is 4.45. The lowest BCUT2D eigenvalue weighted by atomic mass is 10.0. The number of amides is 1. The van der Waals surface area contributed by atoms with E-state index in [1.807, 2.05) is 40.8 Å². The zero-order valence-corrected chi connectivity index (χ0v) is 12.5. The van der Waals surface area contributed by atoms with Gasteiger partial charge in [-0.1, -0.05) is 0 Å². The van der Waals surface area contributed by atoms with E-state index in [1.54, 1.807) is 0 Å². The predicted molar refractivity (Wildman–Crippen MR) is 83.0 cm³/mol. The van der Waals surface area contributed by atoms with E-state index >= 15 is 0 Å². The molecule has 0 spiro atoms. The highest BCUT2D eigenvalue weighted by Crippen LogP contribution is 2.30. The molecule has 0 saturated carbocycles. The number of carbonyl (C=O) groups is 1. The molecule has 1 aromatic carbocycles. The molecule has 2 N–H and O–H groups in total. The van der Waals surface area contributed by atoms with E-state index in [1.165, 1.54) is 0 Å². The SMILES string of the molecule is CCn1nc(C)cc1CN1C(=O)CCc2cc(N)ccc21. The predicted octanol–water partition coefficient (Wildman–Crippen LogP) is 2.27. The van der Waals surface area contributed by atoms with Crippen molar-refractivity contribution in [3.63, 3.8) is 0 Å². The minimum atomic E-state index is 0.161. The first-order chi connectivity index (χ1) is 10.1. The smallest absolute Gasteiger partial charge is 0.227 e. The van der Waals surface area contributed by atoms with E-state index in [9.17, 15) is 4.79 Å². The minimum absolute atomic E-state index is 0.161. The van der Waals surface area contributed by atoms with Gasteiger partial charge in [-0.25, -0.2) is 0 Å². The number of nitrogens with zero attached hydrogens (tertiary/aromatic N) is 3. The Hall–Kier alpha value is -2.30. The van der Waals surface area contributed by atoms with Crippen molar-refractivity contribution in [3.8, 4) is 0 Å². The summed E-state index contributed by atoms with van der Waals surface area (Å²) in [5.41, 5.74) is 10.8. The number of hydrogen-bond acceptors (Lipinski definition) is 3. The molecule has 0 bridgehead atoms. The molecule has 0 saturated heterocycles. The lowest BCUT2D eigenvalue weighted by Crippen LogP contribution is -2.35. The molecule has 0 unspecified atom stereocenters. The van der Waals surface area contributed by atoms with Crippen molar-refractivity contribution in [1.29, 1.82) is 0 Å². The van der Waals surface area contributed by atoms with Crippen molar-refractivity contribution in [2.45, 2.75) is 39.8 Å². The Kier molecular flexibility index (Phi) is 3.41. The normalized spacial score (nSPS) is 14.4. The summed E-state index contributed by atoms with van der Waals surface area (Å²) >= 11 is 0. The lowest BCUT2D eigenvalue weighted by Gasteiger charge is -2.29. The van der Waals surface area contributed by atoms with Crippen molar-refractivity contribution in [2.75, 3.05) is 10.6 Å². The van der Waals surface area contributed by atoms with Crippen LogP contribution in [0.4, 0.5) is 11.4 Å². The quantitative estimate of drug-likeness (QED) is 0.879. The number of hydrogen-bond donors (Lipinski definition) is 1. The molecule has 1 aliphatic rings. The first-order valence-corrected chi connectivity index (χ1v) is 7.30. The van der Waals surface area contributed by atoms with Crippen LogP contribution in [0.25, 0.3) is 0 Å². The molecular formula is C16H20N4O. The maximum atomic E-state index is 12.3. The Bertz CT molecular complexity index is 690. The van der Waals surface area contributed by atoms with Crippen LogP contribution in [0.3, 0.4) is 0 Å². The number of aromatic nitrogens is 2. The second-order valence-electron chi connectivity index (χ2n) is 5.46. The maximum absolute atomic E-state index is 12.3. The fourth-order valence-electron chi connectivity index (χ4n) is 2.92. The minimum Gasteiger partial charge on any atom is -0.399 e. The second kappa shape index (κ2) is 5.24. The van der Waals surface area contributed by atoms with Crippen LogP contribution >= 0.6 is 0 Å². The maximum Gasteiger partial charge on any atom is 0.227 e. The largest absolute Gasteiger partial charge is 0.399 e. The molecule has 5 heteroatoms. The summed E-state index contributed by atoms with van der Waals surface area (Å²) < 4.78 is 1.95. The topological polar surface area (TPSA) is 64.2 Å². The van der Waals surface area contributed by atoms with E-state index in [0.717, 1.165) is 41.3 Å². The van der Waals surface area contributed by atoms with Gasteiger partial charge in [0.1, 0.15) is 0 Å². The van der Waals surface area contributed by atoms with Crippen LogP contribution in [0, 0.1) is 6.92 Å². The van der Waals surface area contributed by atoms with Crippen molar-refractivity contribution < 1.29 is 4.79 Å². The van der Waals surface area contributed by atoms with Crippen LogP contribution in [0.2, 0.25) is 0 Å². The third-order valence-electron chi connectivity index (χ3n) is 3.91. The van der Waals surface area contributed by atoms with Crippen molar-refractivity contribution >= 4 is 17.3 Å². The van der Waals surface area contributed by atoms with Crippen molar-refractivity contribution in [1.82, 2.24) is 9.78 Å². The van der Waals surface area contributed by atoms with E-state index in [-0.39, 0.29) is 5.91 Å². The zero-order valence-electron chi connectivity index (χ0n) is 12.5. The molecule has 0 radical (unpaired) electrons. The molecule has 0 fully saturated rings. The second-order valence-corrected chi connectivity index (χ2v) is 5.46. The summed E-state index contributed by atoms with van der Waals surface area (Å²) in [5.74, 6) is 0.161. The number of rotatable bonds is 3. The molecule has 1 amide bonds.